The van der Waals surface area contributed by atoms with Crippen molar-refractivity contribution in [1.29, 1.82) is 5.26 Å². The summed E-state index contributed by atoms with van der Waals surface area (Å²) >= 11 is 0. The van der Waals surface area contributed by atoms with Crippen molar-refractivity contribution in [2.75, 3.05) is 0 Å². The predicted molar refractivity (Wildman–Crippen MR) is 56.6 cm³/mol. The lowest BCUT2D eigenvalue weighted by molar-refractivity contribution is 0.0696. The molecule has 0 aromatic carbocycles. The number of carbonyl (C=O) groups is 1. The van der Waals surface area contributed by atoms with Crippen molar-refractivity contribution >= 4 is 11.6 Å². The molecule has 2 heterocycles. The maximum absolute atomic E-state index is 11.8. The van der Waals surface area contributed by atoms with E-state index in [9.17, 15) is 9.59 Å². The number of aryl methyl sites for hydroxylation is 1. The summed E-state index contributed by atoms with van der Waals surface area (Å²) in [7, 11) is 0. The molecule has 1 N–H and O–H groups in total. The first kappa shape index (κ1) is 10.9. The van der Waals surface area contributed by atoms with Gasteiger partial charge in [-0.1, -0.05) is 0 Å². The molecule has 0 saturated heterocycles. The quantitative estimate of drug-likeness (QED) is 0.809. The van der Waals surface area contributed by atoms with Crippen molar-refractivity contribution < 1.29 is 9.90 Å². The molecule has 0 saturated carbocycles. The molecular weight excluding hydrogens is 224 g/mol. The molecule has 2 aromatic rings. The fourth-order valence-corrected chi connectivity index (χ4v) is 1.45. The van der Waals surface area contributed by atoms with Gasteiger partial charge in [0, 0.05) is 6.20 Å². The summed E-state index contributed by atoms with van der Waals surface area (Å²) < 4.78 is 2.30. The van der Waals surface area contributed by atoms with Gasteiger partial charge in [-0.15, -0.1) is 5.10 Å². The van der Waals surface area contributed by atoms with Crippen molar-refractivity contribution in [2.45, 2.75) is 13.0 Å². The minimum absolute atomic E-state index is 0.0134. The van der Waals surface area contributed by atoms with E-state index >= 15 is 0 Å². The van der Waals surface area contributed by atoms with Gasteiger partial charge < -0.3 is 5.11 Å². The van der Waals surface area contributed by atoms with Crippen LogP contribution in [0.4, 0.5) is 0 Å². The van der Waals surface area contributed by atoms with Crippen LogP contribution in [-0.4, -0.2) is 25.3 Å². The number of pyridine rings is 1. The van der Waals surface area contributed by atoms with E-state index in [2.05, 4.69) is 5.10 Å². The number of nitrogens with zero attached hydrogens (tertiary/aromatic N) is 4. The lowest BCUT2D eigenvalue weighted by Crippen LogP contribution is -2.21. The number of carboxylic acid groups (broad SMARTS) is 1. The molecule has 17 heavy (non-hydrogen) atoms. The number of rotatable bonds is 3. The van der Waals surface area contributed by atoms with Crippen molar-refractivity contribution in [3.63, 3.8) is 0 Å². The Morgan fingerprint density at radius 2 is 2.29 bits per heavy atom. The van der Waals surface area contributed by atoms with Crippen LogP contribution in [0.2, 0.25) is 0 Å². The van der Waals surface area contributed by atoms with Gasteiger partial charge in [0.2, 0.25) is 0 Å². The van der Waals surface area contributed by atoms with Crippen LogP contribution in [0, 0.1) is 11.3 Å². The molecule has 86 valence electrons. The molecular formula is C10H8N4O3. The molecule has 7 nitrogen and oxygen atoms in total. The lowest BCUT2D eigenvalue weighted by Gasteiger charge is -1.93. The fraction of sp³-hybridized carbons (Fsp3) is 0.200. The second kappa shape index (κ2) is 4.09. The normalized spacial score (nSPS) is 10.3. The Balaban J connectivity index is 2.55. The summed E-state index contributed by atoms with van der Waals surface area (Å²) in [4.78, 5) is 22.5. The first-order chi connectivity index (χ1) is 8.13. The summed E-state index contributed by atoms with van der Waals surface area (Å²) in [6.45, 7) is 0.194. The number of hydrogen-bond acceptors (Lipinski definition) is 4. The van der Waals surface area contributed by atoms with E-state index in [0.717, 1.165) is 9.08 Å². The summed E-state index contributed by atoms with van der Waals surface area (Å²) in [5.74, 6) is -1.11. The standard InChI is InChI=1S/C10H8N4O3/c11-4-1-5-14-10(17)13-6-7(9(15)16)2-3-8(13)12-14/h2-3,6H,1,5H2,(H,15,16). The van der Waals surface area contributed by atoms with E-state index in [1.165, 1.54) is 18.3 Å². The van der Waals surface area contributed by atoms with Crippen LogP contribution in [0.5, 0.6) is 0 Å². The zero-order valence-corrected chi connectivity index (χ0v) is 8.70. The highest BCUT2D eigenvalue weighted by Gasteiger charge is 2.09. The van der Waals surface area contributed by atoms with Crippen LogP contribution in [-0.2, 0) is 6.54 Å². The van der Waals surface area contributed by atoms with Crippen molar-refractivity contribution in [2.24, 2.45) is 0 Å². The number of aromatic nitrogens is 3. The zero-order chi connectivity index (χ0) is 12.4. The zero-order valence-electron chi connectivity index (χ0n) is 8.70. The number of aromatic carboxylic acids is 1. The highest BCUT2D eigenvalue weighted by Crippen LogP contribution is 2.02. The van der Waals surface area contributed by atoms with E-state index < -0.39 is 11.7 Å². The highest BCUT2D eigenvalue weighted by molar-refractivity contribution is 5.87. The van der Waals surface area contributed by atoms with Gasteiger partial charge in [0.1, 0.15) is 0 Å². The molecule has 0 aliphatic heterocycles. The molecule has 0 fully saturated rings. The van der Waals surface area contributed by atoms with Gasteiger partial charge in [-0.2, -0.15) is 5.26 Å². The van der Waals surface area contributed by atoms with Crippen LogP contribution < -0.4 is 5.69 Å². The Morgan fingerprint density at radius 3 is 2.94 bits per heavy atom. The topological polar surface area (TPSA) is 100 Å². The number of fused-ring (bicyclic) bond motifs is 1. The van der Waals surface area contributed by atoms with Gasteiger partial charge in [-0.3, -0.25) is 0 Å². The Morgan fingerprint density at radius 1 is 1.53 bits per heavy atom. The molecule has 2 rings (SSSR count). The van der Waals surface area contributed by atoms with Gasteiger partial charge in [-0.25, -0.2) is 18.7 Å². The van der Waals surface area contributed by atoms with Crippen LogP contribution in [0.15, 0.2) is 23.1 Å². The average molecular weight is 232 g/mol. The summed E-state index contributed by atoms with van der Waals surface area (Å²) in [6.07, 6.45) is 1.39. The van der Waals surface area contributed by atoms with Crippen molar-refractivity contribution in [1.82, 2.24) is 14.2 Å². The van der Waals surface area contributed by atoms with Crippen molar-refractivity contribution in [3.8, 4) is 6.07 Å². The first-order valence-corrected chi connectivity index (χ1v) is 4.83. The van der Waals surface area contributed by atoms with Gasteiger partial charge >= 0.3 is 11.7 Å². The van der Waals surface area contributed by atoms with Crippen molar-refractivity contribution in [3.05, 3.63) is 34.4 Å². The molecule has 0 bridgehead atoms. The minimum Gasteiger partial charge on any atom is -0.478 e. The molecule has 0 amide bonds. The molecule has 7 heteroatoms. The molecule has 0 spiro atoms. The third kappa shape index (κ3) is 1.88. The average Bonchev–Trinajstić information content (AvgIpc) is 2.63. The van der Waals surface area contributed by atoms with Gasteiger partial charge in [0.05, 0.1) is 24.6 Å². The molecule has 0 radical (unpaired) electrons. The number of carboxylic acids is 1. The smallest absolute Gasteiger partial charge is 0.350 e. The van der Waals surface area contributed by atoms with Crippen LogP contribution in [0.1, 0.15) is 16.8 Å². The van der Waals surface area contributed by atoms with E-state index in [4.69, 9.17) is 10.4 Å². The van der Waals surface area contributed by atoms with E-state index in [1.54, 1.807) is 0 Å². The molecule has 0 unspecified atom stereocenters. The minimum atomic E-state index is -1.11. The fourth-order valence-electron chi connectivity index (χ4n) is 1.45. The van der Waals surface area contributed by atoms with Crippen LogP contribution in [0.3, 0.4) is 0 Å². The Bertz CT molecular complexity index is 677. The van der Waals surface area contributed by atoms with Gasteiger partial charge in [-0.05, 0) is 12.1 Å². The first-order valence-electron chi connectivity index (χ1n) is 4.83. The van der Waals surface area contributed by atoms with Gasteiger partial charge in [0.15, 0.2) is 5.65 Å². The summed E-state index contributed by atoms with van der Waals surface area (Å²) in [5, 5.41) is 21.2. The number of nitriles is 1. The summed E-state index contributed by atoms with van der Waals surface area (Å²) in [5.41, 5.74) is -0.0734. The SMILES string of the molecule is N#CCCn1nc2ccc(C(=O)O)cn2c1=O. The molecule has 0 aliphatic carbocycles. The highest BCUT2D eigenvalue weighted by atomic mass is 16.4. The van der Waals surface area contributed by atoms with E-state index in [-0.39, 0.29) is 18.5 Å². The Labute approximate surface area is 95.1 Å². The monoisotopic (exact) mass is 232 g/mol. The number of hydrogen-bond donors (Lipinski definition) is 1. The largest absolute Gasteiger partial charge is 0.478 e. The van der Waals surface area contributed by atoms with Gasteiger partial charge in [0.25, 0.3) is 0 Å². The van der Waals surface area contributed by atoms with Crippen LogP contribution >= 0.6 is 0 Å². The third-order valence-electron chi connectivity index (χ3n) is 2.26. The second-order valence-electron chi connectivity index (χ2n) is 3.36. The molecule has 2 aromatic heterocycles. The van der Waals surface area contributed by atoms with E-state index in [0.29, 0.717) is 5.65 Å². The van der Waals surface area contributed by atoms with E-state index in [1.807, 2.05) is 6.07 Å². The maximum Gasteiger partial charge on any atom is 0.350 e. The molecule has 0 atom stereocenters. The summed E-state index contributed by atoms with van der Waals surface area (Å²) in [6, 6.07) is 4.74. The van der Waals surface area contributed by atoms with Crippen LogP contribution in [0.25, 0.3) is 5.65 Å². The second-order valence-corrected chi connectivity index (χ2v) is 3.36. The Kier molecular flexibility index (Phi) is 2.62. The molecule has 0 aliphatic rings. The predicted octanol–water partition coefficient (Wildman–Crippen LogP) is 0.108. The lowest BCUT2D eigenvalue weighted by atomic mass is 10.3. The maximum atomic E-state index is 11.8. The third-order valence-corrected chi connectivity index (χ3v) is 2.26. The Hall–Kier alpha value is -2.62.